The number of hydrogen-bond donors (Lipinski definition) is 4. The van der Waals surface area contributed by atoms with Gasteiger partial charge in [-0.25, -0.2) is 18.4 Å². The molecule has 5 N–H and O–H groups in total. The molecule has 0 saturated heterocycles. The Hall–Kier alpha value is -4.04. The van der Waals surface area contributed by atoms with Gasteiger partial charge in [-0.15, -0.1) is 13.2 Å². The molecule has 1 aromatic heterocycles. The number of rotatable bonds is 8. The van der Waals surface area contributed by atoms with Crippen molar-refractivity contribution in [2.75, 3.05) is 12.8 Å². The van der Waals surface area contributed by atoms with Crippen molar-refractivity contribution in [1.82, 2.24) is 15.3 Å². The van der Waals surface area contributed by atoms with E-state index in [1.165, 1.54) is 19.9 Å². The third-order valence-electron chi connectivity index (χ3n) is 5.21. The standard InChI is InChI=1S/C24H25F3N6O4S.3H2/c1-13(2)38(34,35)19-9-8-16(10-18(19)37-24(25,26)27)17-12-32-21(28)20(33-17)23(30)36-22(29)15-6-4-14(5-7-15)11-31-3;;;/h4-10,12-13,29-31H,11H2,1-3H3,(H2,28,32);3*1H. The fourth-order valence-electron chi connectivity index (χ4n) is 3.25. The second-order valence-electron chi connectivity index (χ2n) is 8.28. The number of halogens is 3. The van der Waals surface area contributed by atoms with Crippen molar-refractivity contribution in [3.05, 3.63) is 65.5 Å². The van der Waals surface area contributed by atoms with Crippen LogP contribution in [0.4, 0.5) is 19.0 Å². The van der Waals surface area contributed by atoms with Crippen molar-refractivity contribution in [3.63, 3.8) is 0 Å². The van der Waals surface area contributed by atoms with Gasteiger partial charge in [0.05, 0.1) is 17.1 Å². The van der Waals surface area contributed by atoms with Gasteiger partial charge in [0.1, 0.15) is 10.6 Å². The van der Waals surface area contributed by atoms with Crippen LogP contribution >= 0.6 is 0 Å². The Kier molecular flexibility index (Phi) is 8.37. The van der Waals surface area contributed by atoms with Gasteiger partial charge in [-0.2, -0.15) is 0 Å². The summed E-state index contributed by atoms with van der Waals surface area (Å²) in [5.41, 5.74) is 6.91. The van der Waals surface area contributed by atoms with Crippen LogP contribution in [-0.4, -0.2) is 48.8 Å². The quantitative estimate of drug-likeness (QED) is 0.230. The second-order valence-corrected chi connectivity index (χ2v) is 10.8. The third kappa shape index (κ3) is 6.63. The molecule has 2 aromatic carbocycles. The molecule has 0 aliphatic heterocycles. The zero-order valence-electron chi connectivity index (χ0n) is 20.6. The van der Waals surface area contributed by atoms with E-state index in [9.17, 15) is 21.6 Å². The van der Waals surface area contributed by atoms with Crippen LogP contribution in [0, 0.1) is 10.8 Å². The highest BCUT2D eigenvalue weighted by molar-refractivity contribution is 7.92. The molecule has 14 heteroatoms. The molecule has 38 heavy (non-hydrogen) atoms. The van der Waals surface area contributed by atoms with Crippen LogP contribution < -0.4 is 15.8 Å². The van der Waals surface area contributed by atoms with Gasteiger partial charge < -0.3 is 20.5 Å². The fraction of sp³-hybridized carbons (Fsp3) is 0.250. The van der Waals surface area contributed by atoms with Gasteiger partial charge >= 0.3 is 6.36 Å². The van der Waals surface area contributed by atoms with E-state index in [0.717, 1.165) is 23.9 Å². The lowest BCUT2D eigenvalue weighted by atomic mass is 10.1. The van der Waals surface area contributed by atoms with Crippen molar-refractivity contribution in [1.29, 1.82) is 10.8 Å². The van der Waals surface area contributed by atoms with Gasteiger partial charge in [-0.05, 0) is 50.7 Å². The summed E-state index contributed by atoms with van der Waals surface area (Å²) in [4.78, 5) is 7.46. The summed E-state index contributed by atoms with van der Waals surface area (Å²) >= 11 is 0. The number of hydrogen-bond acceptors (Lipinski definition) is 10. The molecule has 0 aliphatic carbocycles. The number of sulfone groups is 1. The maximum Gasteiger partial charge on any atom is 0.573 e. The van der Waals surface area contributed by atoms with Crippen LogP contribution in [0.3, 0.4) is 0 Å². The maximum absolute atomic E-state index is 13.1. The van der Waals surface area contributed by atoms with Crippen LogP contribution in [0.5, 0.6) is 5.75 Å². The Morgan fingerprint density at radius 1 is 1.13 bits per heavy atom. The number of alkyl halides is 3. The van der Waals surface area contributed by atoms with Crippen LogP contribution in [0.2, 0.25) is 0 Å². The number of anilines is 1. The van der Waals surface area contributed by atoms with Gasteiger partial charge in [0.2, 0.25) is 11.8 Å². The predicted octanol–water partition coefficient (Wildman–Crippen LogP) is 4.63. The minimum absolute atomic E-state index is 0. The van der Waals surface area contributed by atoms with Gasteiger partial charge in [0.15, 0.2) is 21.3 Å². The summed E-state index contributed by atoms with van der Waals surface area (Å²) < 4.78 is 73.6. The first-order chi connectivity index (χ1) is 17.7. The topological polar surface area (TPSA) is 164 Å². The van der Waals surface area contributed by atoms with Crippen LogP contribution in [0.1, 0.15) is 34.9 Å². The van der Waals surface area contributed by atoms with E-state index in [0.29, 0.717) is 12.1 Å². The lowest BCUT2D eigenvalue weighted by molar-refractivity contribution is -0.275. The lowest BCUT2D eigenvalue weighted by Crippen LogP contribution is -2.21. The van der Waals surface area contributed by atoms with Crippen molar-refractivity contribution < 1.29 is 35.3 Å². The van der Waals surface area contributed by atoms with E-state index >= 15 is 0 Å². The molecule has 0 unspecified atom stereocenters. The smallest absolute Gasteiger partial charge is 0.419 e. The molecule has 208 valence electrons. The summed E-state index contributed by atoms with van der Waals surface area (Å²) in [6.07, 6.45) is -4.01. The number of nitrogen functional groups attached to an aromatic ring is 1. The number of nitrogens with one attached hydrogen (secondary N) is 3. The first-order valence-electron chi connectivity index (χ1n) is 11.1. The monoisotopic (exact) mass is 556 g/mol. The van der Waals surface area contributed by atoms with E-state index in [-0.39, 0.29) is 32.9 Å². The van der Waals surface area contributed by atoms with E-state index < -0.39 is 38.0 Å². The SMILES string of the molecule is CNCc1ccc(C(=N)OC(=N)c2nc(-c3ccc(S(=O)(=O)C(C)C)c(OC(F)(F)F)c3)cnc2N)cc1.[HH].[HH].[HH]. The van der Waals surface area contributed by atoms with Crippen LogP contribution in [0.15, 0.2) is 53.6 Å². The molecule has 0 bridgehead atoms. The number of nitrogens with two attached hydrogens (primary N) is 1. The van der Waals surface area contributed by atoms with Gasteiger partial charge in [-0.1, -0.05) is 18.2 Å². The highest BCUT2D eigenvalue weighted by atomic mass is 32.2. The molecule has 0 fully saturated rings. The van der Waals surface area contributed by atoms with E-state index in [1.807, 2.05) is 0 Å². The number of benzene rings is 2. The summed E-state index contributed by atoms with van der Waals surface area (Å²) in [6, 6.07) is 9.94. The lowest BCUT2D eigenvalue weighted by Gasteiger charge is -2.16. The average Bonchev–Trinajstić information content (AvgIpc) is 2.83. The Morgan fingerprint density at radius 2 is 1.79 bits per heavy atom. The molecule has 0 spiro atoms. The van der Waals surface area contributed by atoms with Crippen LogP contribution in [-0.2, 0) is 21.1 Å². The first-order valence-corrected chi connectivity index (χ1v) is 12.6. The van der Waals surface area contributed by atoms with Crippen molar-refractivity contribution in [3.8, 4) is 17.0 Å². The Balaban J connectivity index is 0.00000533. The van der Waals surface area contributed by atoms with E-state index in [4.69, 9.17) is 21.3 Å². The summed E-state index contributed by atoms with van der Waals surface area (Å²) in [6.45, 7) is 3.29. The third-order valence-corrected chi connectivity index (χ3v) is 7.40. The molecule has 3 aromatic rings. The summed E-state index contributed by atoms with van der Waals surface area (Å²) in [5.74, 6) is -2.13. The highest BCUT2D eigenvalue weighted by Crippen LogP contribution is 2.35. The average molecular weight is 557 g/mol. The Bertz CT molecular complexity index is 1470. The number of aromatic nitrogens is 2. The molecular formula is C24H31F3N6O4S. The normalized spacial score (nSPS) is 11.9. The molecule has 0 radical (unpaired) electrons. The van der Waals surface area contributed by atoms with Crippen LogP contribution in [0.25, 0.3) is 11.3 Å². The molecule has 0 saturated carbocycles. The minimum atomic E-state index is -5.15. The number of nitrogens with zero attached hydrogens (tertiary/aromatic N) is 2. The Labute approximate surface area is 221 Å². The van der Waals surface area contributed by atoms with Gasteiger partial charge in [0, 0.05) is 22.0 Å². The molecular weight excluding hydrogens is 525 g/mol. The summed E-state index contributed by atoms with van der Waals surface area (Å²) in [7, 11) is -2.32. The fourth-order valence-corrected chi connectivity index (χ4v) is 4.40. The first kappa shape index (κ1) is 28.5. The molecule has 10 nitrogen and oxygen atoms in total. The van der Waals surface area contributed by atoms with Gasteiger partial charge in [0.25, 0.3) is 0 Å². The summed E-state index contributed by atoms with van der Waals surface area (Å²) in [5, 5.41) is 18.4. The molecule has 1 heterocycles. The molecule has 0 amide bonds. The van der Waals surface area contributed by atoms with Crippen molar-refractivity contribution in [2.24, 2.45) is 0 Å². The van der Waals surface area contributed by atoms with E-state index in [1.54, 1.807) is 31.3 Å². The molecule has 3 rings (SSSR count). The number of ether oxygens (including phenoxy) is 2. The van der Waals surface area contributed by atoms with Gasteiger partial charge in [-0.3, -0.25) is 10.8 Å². The van der Waals surface area contributed by atoms with Crippen molar-refractivity contribution >= 4 is 27.5 Å². The van der Waals surface area contributed by atoms with Crippen molar-refractivity contribution in [2.45, 2.75) is 36.9 Å². The largest absolute Gasteiger partial charge is 0.573 e. The highest BCUT2D eigenvalue weighted by Gasteiger charge is 2.35. The molecule has 0 atom stereocenters. The van der Waals surface area contributed by atoms with E-state index in [2.05, 4.69) is 20.0 Å². The Morgan fingerprint density at radius 3 is 2.37 bits per heavy atom. The maximum atomic E-state index is 13.1. The predicted molar refractivity (Wildman–Crippen MR) is 141 cm³/mol. The zero-order valence-corrected chi connectivity index (χ0v) is 21.4. The molecule has 0 aliphatic rings. The zero-order chi connectivity index (χ0) is 28.3. The minimum Gasteiger partial charge on any atom is -0.419 e. The second kappa shape index (κ2) is 11.1.